The highest BCUT2D eigenvalue weighted by Crippen LogP contribution is 2.39. The number of aliphatic hydroxyl groups is 2. The van der Waals surface area contributed by atoms with E-state index in [1.807, 2.05) is 30.3 Å². The number of hydrogen-bond donors (Lipinski definition) is 4. The highest BCUT2D eigenvalue weighted by Gasteiger charge is 2.46. The molecular weight excluding hydrogens is 442 g/mol. The summed E-state index contributed by atoms with van der Waals surface area (Å²) in [5, 5.41) is 31.6. The number of phenols is 1. The third-order valence-electron chi connectivity index (χ3n) is 5.90. The highest BCUT2D eigenvalue weighted by molar-refractivity contribution is 7.85. The number of aliphatic hydroxyl groups excluding tert-OH is 1. The van der Waals surface area contributed by atoms with Gasteiger partial charge in [-0.2, -0.15) is 8.42 Å². The minimum Gasteiger partial charge on any atom is -0.508 e. The van der Waals surface area contributed by atoms with E-state index in [4.69, 9.17) is 0 Å². The number of likely N-dealkylation sites (tertiary alicyclic amines) is 1. The molecule has 1 fully saturated rings. The predicted molar refractivity (Wildman–Crippen MR) is 120 cm³/mol. The standard InChI is InChI=1S/C21H27NO6S.3H2O/c1-20(15-29(26,27)28,19(24)16-7-9-18(23)10-8-16)22-13-11-21(25,12-14-22)17-5-3-2-4-6-17;;;/h2-10,19,23-25H,11-15H2,1H3,(H,26,27,28);3*1H2/t19-,20+;;;/m0.../s1. The summed E-state index contributed by atoms with van der Waals surface area (Å²) in [6.45, 7) is 2.27. The summed E-state index contributed by atoms with van der Waals surface area (Å²) < 4.78 is 33.1. The maximum Gasteiger partial charge on any atom is 0.266 e. The molecule has 2 atom stereocenters. The molecule has 10 N–H and O–H groups in total. The molecule has 0 unspecified atom stereocenters. The van der Waals surface area contributed by atoms with E-state index >= 15 is 0 Å². The van der Waals surface area contributed by atoms with Crippen molar-refractivity contribution in [1.29, 1.82) is 0 Å². The number of aromatic hydroxyl groups is 1. The van der Waals surface area contributed by atoms with Crippen molar-refractivity contribution in [1.82, 2.24) is 4.90 Å². The third kappa shape index (κ3) is 6.47. The Kier molecular flexibility index (Phi) is 10.4. The Hall–Kier alpha value is -2.09. The lowest BCUT2D eigenvalue weighted by molar-refractivity contribution is -0.0791. The van der Waals surface area contributed by atoms with E-state index in [1.165, 1.54) is 24.3 Å². The van der Waals surface area contributed by atoms with E-state index in [0.717, 1.165) is 5.56 Å². The molecule has 182 valence electrons. The molecular formula is C21H33NO9S. The van der Waals surface area contributed by atoms with Crippen molar-refractivity contribution in [3.05, 3.63) is 65.7 Å². The first kappa shape index (κ1) is 29.9. The number of phenolic OH excluding ortho intramolecular Hbond substituents is 1. The smallest absolute Gasteiger partial charge is 0.266 e. The van der Waals surface area contributed by atoms with Crippen LogP contribution >= 0.6 is 0 Å². The van der Waals surface area contributed by atoms with Gasteiger partial charge in [0.05, 0.1) is 23.0 Å². The zero-order valence-electron chi connectivity index (χ0n) is 17.8. The Morgan fingerprint density at radius 2 is 1.50 bits per heavy atom. The molecule has 0 bridgehead atoms. The molecule has 2 aromatic rings. The molecule has 10 nitrogen and oxygen atoms in total. The molecule has 32 heavy (non-hydrogen) atoms. The topological polar surface area (TPSA) is 213 Å². The second-order valence-electron chi connectivity index (χ2n) is 7.96. The summed E-state index contributed by atoms with van der Waals surface area (Å²) >= 11 is 0. The highest BCUT2D eigenvalue weighted by atomic mass is 32.2. The largest absolute Gasteiger partial charge is 0.508 e. The van der Waals surface area contributed by atoms with Crippen LogP contribution in [0.15, 0.2) is 54.6 Å². The second-order valence-corrected chi connectivity index (χ2v) is 9.41. The Balaban J connectivity index is 0.00000320. The summed E-state index contributed by atoms with van der Waals surface area (Å²) in [7, 11) is -4.39. The lowest BCUT2D eigenvalue weighted by Crippen LogP contribution is -2.59. The summed E-state index contributed by atoms with van der Waals surface area (Å²) in [5.41, 5.74) is -1.11. The van der Waals surface area contributed by atoms with Crippen LogP contribution in [0.5, 0.6) is 5.75 Å². The first-order valence-electron chi connectivity index (χ1n) is 9.49. The lowest BCUT2D eigenvalue weighted by atomic mass is 9.81. The van der Waals surface area contributed by atoms with Gasteiger partial charge in [-0.15, -0.1) is 0 Å². The molecule has 1 aliphatic rings. The molecule has 0 amide bonds. The molecule has 2 aromatic carbocycles. The van der Waals surface area contributed by atoms with Gasteiger partial charge in [0, 0.05) is 13.1 Å². The van der Waals surface area contributed by atoms with Crippen LogP contribution in [0.25, 0.3) is 0 Å². The van der Waals surface area contributed by atoms with Crippen LogP contribution < -0.4 is 0 Å². The zero-order valence-corrected chi connectivity index (χ0v) is 18.6. The van der Waals surface area contributed by atoms with E-state index in [1.54, 1.807) is 11.8 Å². The summed E-state index contributed by atoms with van der Waals surface area (Å²) in [5.74, 6) is -0.630. The van der Waals surface area contributed by atoms with Gasteiger partial charge in [-0.25, -0.2) is 0 Å². The van der Waals surface area contributed by atoms with Crippen LogP contribution in [0.4, 0.5) is 0 Å². The molecule has 0 saturated carbocycles. The van der Waals surface area contributed by atoms with Crippen LogP contribution in [-0.4, -0.2) is 74.0 Å². The average Bonchev–Trinajstić information content (AvgIpc) is 2.68. The third-order valence-corrected chi connectivity index (χ3v) is 6.85. The maximum atomic E-state index is 11.8. The van der Waals surface area contributed by atoms with Crippen molar-refractivity contribution in [2.45, 2.75) is 37.0 Å². The van der Waals surface area contributed by atoms with Crippen molar-refractivity contribution in [3.8, 4) is 5.75 Å². The fraction of sp³-hybridized carbons (Fsp3) is 0.429. The molecule has 0 radical (unpaired) electrons. The van der Waals surface area contributed by atoms with E-state index in [0.29, 0.717) is 31.5 Å². The van der Waals surface area contributed by atoms with E-state index in [-0.39, 0.29) is 22.2 Å². The monoisotopic (exact) mass is 475 g/mol. The molecule has 1 heterocycles. The van der Waals surface area contributed by atoms with Crippen molar-refractivity contribution >= 4 is 10.1 Å². The van der Waals surface area contributed by atoms with Crippen LogP contribution in [0.1, 0.15) is 37.0 Å². The van der Waals surface area contributed by atoms with Crippen LogP contribution in [0, 0.1) is 0 Å². The van der Waals surface area contributed by atoms with Crippen LogP contribution in [-0.2, 0) is 15.7 Å². The number of rotatable bonds is 6. The maximum absolute atomic E-state index is 11.8. The Morgan fingerprint density at radius 3 is 1.97 bits per heavy atom. The molecule has 1 aliphatic heterocycles. The summed E-state index contributed by atoms with van der Waals surface area (Å²) in [4.78, 5) is 1.80. The van der Waals surface area contributed by atoms with E-state index in [2.05, 4.69) is 0 Å². The van der Waals surface area contributed by atoms with Gasteiger partial charge >= 0.3 is 0 Å². The molecule has 11 heteroatoms. The van der Waals surface area contributed by atoms with E-state index in [9.17, 15) is 28.3 Å². The van der Waals surface area contributed by atoms with E-state index < -0.39 is 33.1 Å². The van der Waals surface area contributed by atoms with Crippen LogP contribution in [0.3, 0.4) is 0 Å². The minimum absolute atomic E-state index is 0. The fourth-order valence-corrected chi connectivity index (χ4v) is 5.23. The molecule has 0 aliphatic carbocycles. The second kappa shape index (κ2) is 11.2. The van der Waals surface area contributed by atoms with Gasteiger partial charge in [-0.1, -0.05) is 42.5 Å². The van der Waals surface area contributed by atoms with Crippen LogP contribution in [0.2, 0.25) is 0 Å². The normalized spacial score (nSPS) is 18.8. The lowest BCUT2D eigenvalue weighted by Gasteiger charge is -2.49. The van der Waals surface area contributed by atoms with Crippen molar-refractivity contribution in [2.24, 2.45) is 0 Å². The zero-order chi connectivity index (χ0) is 21.3. The first-order chi connectivity index (χ1) is 13.5. The van der Waals surface area contributed by atoms with Gasteiger partial charge < -0.3 is 31.7 Å². The SMILES string of the molecule is C[C@@](CS(=O)(=O)O)([C@@H](O)c1ccc(O)cc1)N1CCC(O)(c2ccccc2)CC1.O.O.O. The fourth-order valence-electron chi connectivity index (χ4n) is 4.15. The van der Waals surface area contributed by atoms with Crippen molar-refractivity contribution in [3.63, 3.8) is 0 Å². The predicted octanol–water partition coefficient (Wildman–Crippen LogP) is -0.418. The number of benzene rings is 2. The van der Waals surface area contributed by atoms with Crippen molar-refractivity contribution in [2.75, 3.05) is 18.8 Å². The summed E-state index contributed by atoms with van der Waals surface area (Å²) in [6.07, 6.45) is -0.506. The van der Waals surface area contributed by atoms with Gasteiger partial charge in [-0.05, 0) is 43.0 Å². The molecule has 0 spiro atoms. The van der Waals surface area contributed by atoms with Gasteiger partial charge in [0.25, 0.3) is 10.1 Å². The van der Waals surface area contributed by atoms with Crippen molar-refractivity contribution < 1.29 is 44.7 Å². The van der Waals surface area contributed by atoms with Gasteiger partial charge in [0.1, 0.15) is 5.75 Å². The Morgan fingerprint density at radius 1 is 1.00 bits per heavy atom. The van der Waals surface area contributed by atoms with Gasteiger partial charge in [-0.3, -0.25) is 9.45 Å². The van der Waals surface area contributed by atoms with Gasteiger partial charge in [0.15, 0.2) is 0 Å². The molecule has 1 saturated heterocycles. The molecule has 3 rings (SSSR count). The number of hydrogen-bond acceptors (Lipinski definition) is 6. The Labute approximate surface area is 187 Å². The first-order valence-corrected chi connectivity index (χ1v) is 11.1. The summed E-state index contributed by atoms with van der Waals surface area (Å²) in [6, 6.07) is 15.2. The Bertz CT molecular complexity index is 930. The minimum atomic E-state index is -4.39. The number of piperidine rings is 1. The number of nitrogens with zero attached hydrogens (tertiary/aromatic N) is 1. The quantitative estimate of drug-likeness (QED) is 0.404. The molecule has 0 aromatic heterocycles. The van der Waals surface area contributed by atoms with Gasteiger partial charge in [0.2, 0.25) is 0 Å². The average molecular weight is 476 g/mol.